The lowest BCUT2D eigenvalue weighted by atomic mass is 10.1. The number of amides is 1. The van der Waals surface area contributed by atoms with Gasteiger partial charge in [0.1, 0.15) is 22.7 Å². The van der Waals surface area contributed by atoms with Crippen LogP contribution in [-0.4, -0.2) is 62.2 Å². The first-order valence-corrected chi connectivity index (χ1v) is 10.8. The van der Waals surface area contributed by atoms with Crippen LogP contribution in [0.15, 0.2) is 24.5 Å². The number of aromatic nitrogens is 5. The molecule has 11 heteroatoms. The number of halogens is 3. The molecule has 0 bridgehead atoms. The minimum Gasteiger partial charge on any atom is -0.350 e. The number of nitrogens with one attached hydrogen (secondary N) is 2. The van der Waals surface area contributed by atoms with Crippen molar-refractivity contribution in [1.82, 2.24) is 34.9 Å². The monoisotopic (exact) mass is 493 g/mol. The van der Waals surface area contributed by atoms with E-state index in [0.29, 0.717) is 50.6 Å². The van der Waals surface area contributed by atoms with Crippen LogP contribution in [-0.2, 0) is 6.54 Å². The number of nitrogens with zero attached hydrogens (tertiary/aromatic N) is 5. The van der Waals surface area contributed by atoms with E-state index in [-0.39, 0.29) is 24.4 Å². The van der Waals surface area contributed by atoms with Crippen molar-refractivity contribution < 1.29 is 9.18 Å². The van der Waals surface area contributed by atoms with E-state index in [9.17, 15) is 9.18 Å². The maximum absolute atomic E-state index is 15.0. The van der Waals surface area contributed by atoms with Gasteiger partial charge in [-0.2, -0.15) is 5.10 Å². The third-order valence-corrected chi connectivity index (χ3v) is 5.25. The normalized spacial score (nSPS) is 11.5. The second kappa shape index (κ2) is 10.0. The molecule has 1 aromatic carbocycles. The summed E-state index contributed by atoms with van der Waals surface area (Å²) < 4.78 is 16.7. The lowest BCUT2D eigenvalue weighted by molar-refractivity contribution is 0.0944. The third-order valence-electron chi connectivity index (χ3n) is 5.03. The van der Waals surface area contributed by atoms with E-state index >= 15 is 0 Å². The summed E-state index contributed by atoms with van der Waals surface area (Å²) in [7, 11) is 4.00. The molecule has 3 heterocycles. The predicted octanol–water partition coefficient (Wildman–Crippen LogP) is 4.28. The van der Waals surface area contributed by atoms with Gasteiger partial charge in [0.05, 0.1) is 22.7 Å². The number of aromatic amines is 1. The zero-order chi connectivity index (χ0) is 23.0. The zero-order valence-electron chi connectivity index (χ0n) is 18.8. The van der Waals surface area contributed by atoms with E-state index in [2.05, 4.69) is 30.3 Å². The van der Waals surface area contributed by atoms with Crippen molar-refractivity contribution in [3.05, 3.63) is 40.9 Å². The van der Waals surface area contributed by atoms with E-state index in [1.54, 1.807) is 16.9 Å². The van der Waals surface area contributed by atoms with E-state index in [0.717, 1.165) is 13.0 Å². The SMILES string of the molecule is CC(C)NC(=O)c1c[nH]c2ncc(-c3nn(CCCN(C)C)c4cc(Cl)cc(F)c34)nc12.Cl. The topological polar surface area (TPSA) is 91.7 Å². The van der Waals surface area contributed by atoms with Gasteiger partial charge >= 0.3 is 0 Å². The second-order valence-electron chi connectivity index (χ2n) is 8.29. The molecule has 0 aliphatic rings. The van der Waals surface area contributed by atoms with Crippen LogP contribution in [0.4, 0.5) is 4.39 Å². The number of aryl methyl sites for hydroxylation is 1. The van der Waals surface area contributed by atoms with Crippen LogP contribution < -0.4 is 5.32 Å². The highest BCUT2D eigenvalue weighted by Gasteiger charge is 2.21. The summed E-state index contributed by atoms with van der Waals surface area (Å²) >= 11 is 6.13. The minimum atomic E-state index is -0.477. The van der Waals surface area contributed by atoms with Gasteiger partial charge in [-0.15, -0.1) is 12.4 Å². The summed E-state index contributed by atoms with van der Waals surface area (Å²) in [6.07, 6.45) is 3.94. The van der Waals surface area contributed by atoms with Gasteiger partial charge in [-0.25, -0.2) is 14.4 Å². The molecule has 176 valence electrons. The van der Waals surface area contributed by atoms with Crippen molar-refractivity contribution >= 4 is 52.0 Å². The molecule has 33 heavy (non-hydrogen) atoms. The molecule has 0 unspecified atom stereocenters. The molecule has 8 nitrogen and oxygen atoms in total. The van der Waals surface area contributed by atoms with E-state index in [4.69, 9.17) is 11.6 Å². The highest BCUT2D eigenvalue weighted by Crippen LogP contribution is 2.32. The Kier molecular flexibility index (Phi) is 7.56. The number of carbonyl (C=O) groups is 1. The molecule has 0 spiro atoms. The fraction of sp³-hybridized carbons (Fsp3) is 0.364. The Hall–Kier alpha value is -2.75. The van der Waals surface area contributed by atoms with Crippen LogP contribution in [0.1, 0.15) is 30.6 Å². The molecular weight excluding hydrogens is 468 g/mol. The number of fused-ring (bicyclic) bond motifs is 2. The van der Waals surface area contributed by atoms with Crippen molar-refractivity contribution in [1.29, 1.82) is 0 Å². The summed E-state index contributed by atoms with van der Waals surface area (Å²) in [4.78, 5) is 26.6. The fourth-order valence-electron chi connectivity index (χ4n) is 3.63. The first-order valence-electron chi connectivity index (χ1n) is 10.4. The maximum Gasteiger partial charge on any atom is 0.255 e. The highest BCUT2D eigenvalue weighted by atomic mass is 35.5. The molecule has 0 aliphatic heterocycles. The van der Waals surface area contributed by atoms with Crippen LogP contribution in [0.3, 0.4) is 0 Å². The summed E-state index contributed by atoms with van der Waals surface area (Å²) in [5, 5.41) is 8.14. The van der Waals surface area contributed by atoms with Crippen LogP contribution in [0, 0.1) is 5.82 Å². The Morgan fingerprint density at radius 3 is 2.79 bits per heavy atom. The molecule has 0 saturated carbocycles. The fourth-order valence-corrected chi connectivity index (χ4v) is 3.83. The van der Waals surface area contributed by atoms with Crippen molar-refractivity contribution in [2.45, 2.75) is 32.9 Å². The van der Waals surface area contributed by atoms with Gasteiger partial charge in [-0.3, -0.25) is 9.48 Å². The third kappa shape index (κ3) is 5.10. The van der Waals surface area contributed by atoms with E-state index in [1.165, 1.54) is 12.3 Å². The Morgan fingerprint density at radius 1 is 1.33 bits per heavy atom. The van der Waals surface area contributed by atoms with Crippen molar-refractivity contribution in [2.24, 2.45) is 0 Å². The Bertz CT molecular complexity index is 1300. The van der Waals surface area contributed by atoms with Crippen LogP contribution >= 0.6 is 24.0 Å². The Balaban J connectivity index is 0.00000306. The van der Waals surface area contributed by atoms with E-state index < -0.39 is 5.82 Å². The number of carbonyl (C=O) groups excluding carboxylic acids is 1. The average molecular weight is 494 g/mol. The Labute approximate surface area is 201 Å². The largest absolute Gasteiger partial charge is 0.350 e. The molecule has 3 aromatic heterocycles. The van der Waals surface area contributed by atoms with Gasteiger partial charge in [0.25, 0.3) is 5.91 Å². The van der Waals surface area contributed by atoms with Crippen molar-refractivity contribution in [3.63, 3.8) is 0 Å². The van der Waals surface area contributed by atoms with Gasteiger partial charge in [-0.05, 0) is 53.0 Å². The van der Waals surface area contributed by atoms with Crippen LogP contribution in [0.2, 0.25) is 5.02 Å². The molecule has 4 rings (SSSR count). The summed E-state index contributed by atoms with van der Waals surface area (Å²) in [6.45, 7) is 5.22. The van der Waals surface area contributed by atoms with Crippen LogP contribution in [0.5, 0.6) is 0 Å². The lowest BCUT2D eigenvalue weighted by Crippen LogP contribution is -2.29. The van der Waals surface area contributed by atoms with Gasteiger partial charge in [0.2, 0.25) is 0 Å². The van der Waals surface area contributed by atoms with Gasteiger partial charge < -0.3 is 15.2 Å². The second-order valence-corrected chi connectivity index (χ2v) is 8.73. The van der Waals surface area contributed by atoms with Gasteiger partial charge in [0, 0.05) is 23.8 Å². The summed E-state index contributed by atoms with van der Waals surface area (Å²) in [5.74, 6) is -0.732. The molecular formula is C22H26Cl2FN7O. The number of benzene rings is 1. The molecule has 0 radical (unpaired) electrons. The molecule has 0 atom stereocenters. The molecule has 1 amide bonds. The summed E-state index contributed by atoms with van der Waals surface area (Å²) in [6, 6.07) is 2.95. The van der Waals surface area contributed by atoms with E-state index in [1.807, 2.05) is 27.9 Å². The lowest BCUT2D eigenvalue weighted by Gasteiger charge is -2.09. The summed E-state index contributed by atoms with van der Waals surface area (Å²) in [5.41, 5.74) is 2.60. The number of rotatable bonds is 7. The first kappa shape index (κ1) is 24.9. The quantitative estimate of drug-likeness (QED) is 0.400. The van der Waals surface area contributed by atoms with Crippen LogP contribution in [0.25, 0.3) is 33.5 Å². The molecule has 0 fully saturated rings. The number of hydrogen-bond donors (Lipinski definition) is 2. The number of hydrogen-bond acceptors (Lipinski definition) is 5. The minimum absolute atomic E-state index is 0. The number of H-pyrrole nitrogens is 1. The van der Waals surface area contributed by atoms with Gasteiger partial charge in [0.15, 0.2) is 5.65 Å². The first-order chi connectivity index (χ1) is 15.2. The predicted molar refractivity (Wildman–Crippen MR) is 131 cm³/mol. The Morgan fingerprint density at radius 2 is 2.09 bits per heavy atom. The molecule has 4 aromatic rings. The molecule has 0 saturated heterocycles. The molecule has 2 N–H and O–H groups in total. The smallest absolute Gasteiger partial charge is 0.255 e. The highest BCUT2D eigenvalue weighted by molar-refractivity contribution is 6.31. The maximum atomic E-state index is 15.0. The van der Waals surface area contributed by atoms with Crippen molar-refractivity contribution in [2.75, 3.05) is 20.6 Å². The average Bonchev–Trinajstić information content (AvgIpc) is 3.28. The van der Waals surface area contributed by atoms with Crippen molar-refractivity contribution in [3.8, 4) is 11.4 Å². The zero-order valence-corrected chi connectivity index (χ0v) is 20.4. The molecule has 0 aliphatic carbocycles. The standard InChI is InChI=1S/C22H25ClFN7O.ClH/c1-12(2)27-22(32)14-10-25-21-19(14)28-16(11-26-21)20-18-15(24)8-13(23)9-17(18)31(29-20)7-5-6-30(3)4;/h8-12H,5-7H2,1-4H3,(H,25,26)(H,27,32);1H. The van der Waals surface area contributed by atoms with Gasteiger partial charge in [-0.1, -0.05) is 11.6 Å².